The first-order valence-corrected chi connectivity index (χ1v) is 5.72. The fraction of sp³-hybridized carbons (Fsp3) is 0.667. The Balaban J connectivity index is 0. The molecule has 2 radical (unpaired) electrons. The van der Waals surface area contributed by atoms with E-state index in [9.17, 15) is 9.59 Å². The number of hydrogen-bond donors (Lipinski definition) is 0. The second kappa shape index (κ2) is 13.5. The zero-order chi connectivity index (χ0) is 12.2. The van der Waals surface area contributed by atoms with Crippen LogP contribution in [0.2, 0.25) is 0 Å². The molecule has 98 valence electrons. The summed E-state index contributed by atoms with van der Waals surface area (Å²) in [5.74, 6) is -0.998. The Morgan fingerprint density at radius 1 is 0.882 bits per heavy atom. The third kappa shape index (κ3) is 13.4. The van der Waals surface area contributed by atoms with Crippen molar-refractivity contribution in [2.24, 2.45) is 0 Å². The Morgan fingerprint density at radius 3 is 1.53 bits per heavy atom. The van der Waals surface area contributed by atoms with E-state index in [1.165, 1.54) is 0 Å². The molecule has 0 fully saturated rings. The van der Waals surface area contributed by atoms with Crippen LogP contribution in [0.1, 0.15) is 39.5 Å². The summed E-state index contributed by atoms with van der Waals surface area (Å²) >= 11 is 0. The van der Waals surface area contributed by atoms with Crippen LogP contribution in [-0.4, -0.2) is 49.1 Å². The van der Waals surface area contributed by atoms with Crippen molar-refractivity contribution < 1.29 is 19.1 Å². The van der Waals surface area contributed by atoms with Gasteiger partial charge in [-0.25, -0.2) is 9.59 Å². The molecule has 0 heterocycles. The molecule has 17 heavy (non-hydrogen) atoms. The van der Waals surface area contributed by atoms with E-state index in [0.717, 1.165) is 37.8 Å². The van der Waals surface area contributed by atoms with Gasteiger partial charge in [0.1, 0.15) is 0 Å². The first-order chi connectivity index (χ1) is 7.70. The molecule has 0 unspecified atom stereocenters. The van der Waals surface area contributed by atoms with Crippen LogP contribution in [-0.2, 0) is 19.1 Å². The maximum atomic E-state index is 11.0. The van der Waals surface area contributed by atoms with Gasteiger partial charge in [0, 0.05) is 12.2 Å². The van der Waals surface area contributed by atoms with E-state index >= 15 is 0 Å². The molecular formula is C12H22O4Sn. The average Bonchev–Trinajstić information content (AvgIpc) is 2.27. The van der Waals surface area contributed by atoms with Crippen molar-refractivity contribution in [3.63, 3.8) is 0 Å². The van der Waals surface area contributed by atoms with E-state index in [4.69, 9.17) is 9.47 Å². The Labute approximate surface area is 120 Å². The number of esters is 2. The van der Waals surface area contributed by atoms with Crippen molar-refractivity contribution in [2.45, 2.75) is 39.5 Å². The zero-order valence-electron chi connectivity index (χ0n) is 10.7. The molecule has 0 rings (SSSR count). The van der Waals surface area contributed by atoms with E-state index in [1.54, 1.807) is 0 Å². The summed E-state index contributed by atoms with van der Waals surface area (Å²) in [5, 5.41) is 0. The molecule has 0 amide bonds. The van der Waals surface area contributed by atoms with Gasteiger partial charge in [0.05, 0.1) is 13.2 Å². The molecule has 0 saturated heterocycles. The molecule has 0 aliphatic rings. The van der Waals surface area contributed by atoms with E-state index < -0.39 is 11.9 Å². The van der Waals surface area contributed by atoms with Crippen LogP contribution >= 0.6 is 0 Å². The number of carbonyl (C=O) groups is 2. The summed E-state index contributed by atoms with van der Waals surface area (Å²) < 4.78 is 9.65. The fourth-order valence-electron chi connectivity index (χ4n) is 0.867. The number of ether oxygens (including phenoxy) is 2. The first-order valence-electron chi connectivity index (χ1n) is 5.72. The summed E-state index contributed by atoms with van der Waals surface area (Å²) in [7, 11) is 0. The van der Waals surface area contributed by atoms with Gasteiger partial charge in [-0.3, -0.25) is 0 Å². The van der Waals surface area contributed by atoms with Crippen LogP contribution in [0.25, 0.3) is 0 Å². The molecule has 0 aromatic carbocycles. The SMILES string of the molecule is CCCCOC(=O)/C=C\C(=O)OCCCC.[SnH2]. The average molecular weight is 349 g/mol. The monoisotopic (exact) mass is 350 g/mol. The second-order valence-corrected chi connectivity index (χ2v) is 3.38. The van der Waals surface area contributed by atoms with Gasteiger partial charge in [-0.05, 0) is 12.8 Å². The quantitative estimate of drug-likeness (QED) is 0.287. The summed E-state index contributed by atoms with van der Waals surface area (Å²) in [6, 6.07) is 0. The van der Waals surface area contributed by atoms with Gasteiger partial charge in [-0.2, -0.15) is 0 Å². The Kier molecular flexibility index (Phi) is 15.0. The Morgan fingerprint density at radius 2 is 1.24 bits per heavy atom. The fourth-order valence-corrected chi connectivity index (χ4v) is 0.867. The second-order valence-electron chi connectivity index (χ2n) is 3.38. The summed E-state index contributed by atoms with van der Waals surface area (Å²) in [4.78, 5) is 22.1. The Bertz CT molecular complexity index is 215. The summed E-state index contributed by atoms with van der Waals surface area (Å²) in [6.07, 6.45) is 5.81. The normalized spacial score (nSPS) is 9.76. The van der Waals surface area contributed by atoms with Gasteiger partial charge in [-0.1, -0.05) is 26.7 Å². The number of unbranched alkanes of at least 4 members (excludes halogenated alkanes) is 2. The van der Waals surface area contributed by atoms with Crippen LogP contribution < -0.4 is 0 Å². The Hall–Kier alpha value is -0.521. The van der Waals surface area contributed by atoms with Crippen molar-refractivity contribution in [1.29, 1.82) is 0 Å². The predicted octanol–water partition coefficient (Wildman–Crippen LogP) is 1.31. The van der Waals surface area contributed by atoms with Gasteiger partial charge in [0.2, 0.25) is 0 Å². The maximum absolute atomic E-state index is 11.0. The van der Waals surface area contributed by atoms with Crippen LogP contribution in [0.3, 0.4) is 0 Å². The molecule has 4 nitrogen and oxygen atoms in total. The molecule has 0 N–H and O–H groups in total. The molecule has 0 aliphatic carbocycles. The summed E-state index contributed by atoms with van der Waals surface area (Å²) in [5.41, 5.74) is 0. The molecule has 0 aromatic rings. The van der Waals surface area contributed by atoms with Crippen LogP contribution in [0.4, 0.5) is 0 Å². The van der Waals surface area contributed by atoms with Gasteiger partial charge >= 0.3 is 35.8 Å². The van der Waals surface area contributed by atoms with Crippen molar-refractivity contribution in [2.75, 3.05) is 13.2 Å². The van der Waals surface area contributed by atoms with E-state index in [1.807, 2.05) is 13.8 Å². The number of rotatable bonds is 8. The molecule has 0 saturated carbocycles. The summed E-state index contributed by atoms with van der Waals surface area (Å²) in [6.45, 7) is 4.80. The van der Waals surface area contributed by atoms with Crippen molar-refractivity contribution >= 4 is 35.8 Å². The molecule has 0 atom stereocenters. The first kappa shape index (κ1) is 18.8. The molecule has 0 aliphatic heterocycles. The van der Waals surface area contributed by atoms with Crippen LogP contribution in [0.15, 0.2) is 12.2 Å². The standard InChI is InChI=1S/C12H20O4.Sn.2H/c1-3-5-9-15-11(13)7-8-12(14)16-10-6-4-2;;;/h7-8H,3-6,9-10H2,1-2H3;;;/b8-7-;;;. The third-order valence-corrected chi connectivity index (χ3v) is 1.84. The van der Waals surface area contributed by atoms with Crippen LogP contribution in [0.5, 0.6) is 0 Å². The number of carbonyl (C=O) groups excluding carboxylic acids is 2. The van der Waals surface area contributed by atoms with E-state index in [2.05, 4.69) is 0 Å². The van der Waals surface area contributed by atoms with Crippen molar-refractivity contribution in [3.05, 3.63) is 12.2 Å². The van der Waals surface area contributed by atoms with Gasteiger partial charge in [0.15, 0.2) is 0 Å². The van der Waals surface area contributed by atoms with Gasteiger partial charge in [-0.15, -0.1) is 0 Å². The molecular weight excluding hydrogens is 327 g/mol. The topological polar surface area (TPSA) is 52.6 Å². The van der Waals surface area contributed by atoms with Gasteiger partial charge in [0.25, 0.3) is 0 Å². The van der Waals surface area contributed by atoms with Crippen LogP contribution in [0, 0.1) is 0 Å². The van der Waals surface area contributed by atoms with E-state index in [0.29, 0.717) is 13.2 Å². The molecule has 0 aromatic heterocycles. The van der Waals surface area contributed by atoms with Gasteiger partial charge < -0.3 is 9.47 Å². The molecule has 5 heteroatoms. The minimum atomic E-state index is -0.499. The molecule has 0 spiro atoms. The predicted molar refractivity (Wildman–Crippen MR) is 69.4 cm³/mol. The van der Waals surface area contributed by atoms with E-state index in [-0.39, 0.29) is 23.9 Å². The van der Waals surface area contributed by atoms with Crippen molar-refractivity contribution in [1.82, 2.24) is 0 Å². The zero-order valence-corrected chi connectivity index (χ0v) is 14.8. The van der Waals surface area contributed by atoms with Crippen molar-refractivity contribution in [3.8, 4) is 0 Å². The minimum absolute atomic E-state index is 0. The third-order valence-electron chi connectivity index (χ3n) is 1.84. The molecule has 0 bridgehead atoms. The number of hydrogen-bond acceptors (Lipinski definition) is 4.